The number of aromatic nitrogens is 1. The molecule has 0 saturated heterocycles. The number of aliphatic carboxylic acids is 1. The molecular formula is C13H15NO2S. The molecule has 1 heterocycles. The summed E-state index contributed by atoms with van der Waals surface area (Å²) < 4.78 is 1.20. The van der Waals surface area contributed by atoms with Crippen LogP contribution in [0, 0.1) is 0 Å². The molecule has 2 rings (SSSR count). The monoisotopic (exact) mass is 249 g/mol. The summed E-state index contributed by atoms with van der Waals surface area (Å²) in [6.07, 6.45) is 2.72. The first-order valence-electron chi connectivity index (χ1n) is 5.79. The van der Waals surface area contributed by atoms with E-state index in [1.54, 1.807) is 11.3 Å². The van der Waals surface area contributed by atoms with Gasteiger partial charge in [0.1, 0.15) is 0 Å². The first-order valence-corrected chi connectivity index (χ1v) is 6.61. The summed E-state index contributed by atoms with van der Waals surface area (Å²) in [6.45, 7) is 2.10. The highest BCUT2D eigenvalue weighted by Gasteiger charge is 2.04. The predicted molar refractivity (Wildman–Crippen MR) is 69.6 cm³/mol. The summed E-state index contributed by atoms with van der Waals surface area (Å²) >= 11 is 1.72. The highest BCUT2D eigenvalue weighted by molar-refractivity contribution is 7.18. The fourth-order valence-electron chi connectivity index (χ4n) is 1.77. The van der Waals surface area contributed by atoms with Crippen molar-refractivity contribution in [1.29, 1.82) is 0 Å². The van der Waals surface area contributed by atoms with E-state index >= 15 is 0 Å². The lowest BCUT2D eigenvalue weighted by atomic mass is 10.1. The molecule has 4 heteroatoms. The van der Waals surface area contributed by atoms with Crippen molar-refractivity contribution in [1.82, 2.24) is 4.98 Å². The van der Waals surface area contributed by atoms with E-state index in [0.717, 1.165) is 23.4 Å². The molecule has 0 aliphatic heterocycles. The van der Waals surface area contributed by atoms with Gasteiger partial charge >= 0.3 is 5.97 Å². The van der Waals surface area contributed by atoms with Crippen LogP contribution in [0.4, 0.5) is 0 Å². The second-order valence-corrected chi connectivity index (χ2v) is 5.13. The Hall–Kier alpha value is -1.42. The number of benzene rings is 1. The van der Waals surface area contributed by atoms with Crippen LogP contribution in [0.15, 0.2) is 18.2 Å². The highest BCUT2D eigenvalue weighted by Crippen LogP contribution is 2.24. The molecule has 0 aliphatic carbocycles. The molecule has 0 fully saturated rings. The summed E-state index contributed by atoms with van der Waals surface area (Å²) in [6, 6.07) is 6.21. The molecule has 1 N–H and O–H groups in total. The second kappa shape index (κ2) is 5.27. The second-order valence-electron chi connectivity index (χ2n) is 4.01. The summed E-state index contributed by atoms with van der Waals surface area (Å²) in [7, 11) is 0. The van der Waals surface area contributed by atoms with Crippen LogP contribution < -0.4 is 0 Å². The largest absolute Gasteiger partial charge is 0.481 e. The maximum Gasteiger partial charge on any atom is 0.303 e. The van der Waals surface area contributed by atoms with Crippen LogP contribution in [0.25, 0.3) is 10.2 Å². The molecule has 2 aromatic rings. The van der Waals surface area contributed by atoms with Crippen molar-refractivity contribution < 1.29 is 9.90 Å². The maximum atomic E-state index is 10.4. The van der Waals surface area contributed by atoms with Gasteiger partial charge in [0.15, 0.2) is 0 Å². The van der Waals surface area contributed by atoms with Gasteiger partial charge in [0.2, 0.25) is 0 Å². The zero-order valence-corrected chi connectivity index (χ0v) is 10.6. The molecule has 0 bridgehead atoms. The van der Waals surface area contributed by atoms with Crippen molar-refractivity contribution in [3.05, 3.63) is 28.8 Å². The normalized spacial score (nSPS) is 10.9. The molecule has 0 radical (unpaired) electrons. The topological polar surface area (TPSA) is 50.2 Å². The Bertz CT molecular complexity index is 533. The van der Waals surface area contributed by atoms with Crippen molar-refractivity contribution in [2.24, 2.45) is 0 Å². The number of carboxylic acid groups (broad SMARTS) is 1. The number of nitrogens with zero attached hydrogens (tertiary/aromatic N) is 1. The molecule has 3 nitrogen and oxygen atoms in total. The lowest BCUT2D eigenvalue weighted by molar-refractivity contribution is -0.137. The summed E-state index contributed by atoms with van der Waals surface area (Å²) in [5, 5.41) is 9.75. The van der Waals surface area contributed by atoms with E-state index < -0.39 is 5.97 Å². The van der Waals surface area contributed by atoms with E-state index in [2.05, 4.69) is 18.0 Å². The smallest absolute Gasteiger partial charge is 0.303 e. The van der Waals surface area contributed by atoms with Gasteiger partial charge < -0.3 is 5.11 Å². The molecular weight excluding hydrogens is 234 g/mol. The van der Waals surface area contributed by atoms with Gasteiger partial charge in [0, 0.05) is 6.42 Å². The van der Waals surface area contributed by atoms with Crippen molar-refractivity contribution in [2.45, 2.75) is 32.6 Å². The Morgan fingerprint density at radius 1 is 1.47 bits per heavy atom. The van der Waals surface area contributed by atoms with Gasteiger partial charge in [-0.05, 0) is 37.0 Å². The number of thiazole rings is 1. The number of fused-ring (bicyclic) bond motifs is 1. The van der Waals surface area contributed by atoms with E-state index in [1.807, 2.05) is 12.1 Å². The van der Waals surface area contributed by atoms with Crippen LogP contribution >= 0.6 is 11.3 Å². The highest BCUT2D eigenvalue weighted by atomic mass is 32.1. The van der Waals surface area contributed by atoms with Crippen molar-refractivity contribution in [3.8, 4) is 0 Å². The van der Waals surface area contributed by atoms with Crippen molar-refractivity contribution in [2.75, 3.05) is 0 Å². The molecule has 0 aliphatic rings. The molecule has 1 aromatic carbocycles. The van der Waals surface area contributed by atoms with E-state index in [4.69, 9.17) is 5.11 Å². The molecule has 1 aromatic heterocycles. The first-order chi connectivity index (χ1) is 8.19. The van der Waals surface area contributed by atoms with Crippen LogP contribution in [0.5, 0.6) is 0 Å². The minimum absolute atomic E-state index is 0.237. The van der Waals surface area contributed by atoms with Crippen molar-refractivity contribution in [3.63, 3.8) is 0 Å². The number of hydrogen-bond donors (Lipinski definition) is 1. The summed E-state index contributed by atoms with van der Waals surface area (Å²) in [4.78, 5) is 14.9. The number of rotatable bonds is 5. The van der Waals surface area contributed by atoms with Crippen LogP contribution in [0.3, 0.4) is 0 Å². The van der Waals surface area contributed by atoms with Crippen LogP contribution in [-0.4, -0.2) is 16.1 Å². The van der Waals surface area contributed by atoms with Gasteiger partial charge in [-0.15, -0.1) is 11.3 Å². The molecule has 0 atom stereocenters. The number of carboxylic acids is 1. The van der Waals surface area contributed by atoms with E-state index in [0.29, 0.717) is 6.42 Å². The van der Waals surface area contributed by atoms with Crippen molar-refractivity contribution >= 4 is 27.5 Å². The molecule has 17 heavy (non-hydrogen) atoms. The SMILES string of the molecule is CCc1nc2ccc(CCCC(=O)O)cc2s1. The fraction of sp³-hybridized carbons (Fsp3) is 0.385. The lowest BCUT2D eigenvalue weighted by Gasteiger charge is -1.99. The van der Waals surface area contributed by atoms with Gasteiger partial charge in [-0.2, -0.15) is 0 Å². The van der Waals surface area contributed by atoms with Crippen LogP contribution in [-0.2, 0) is 17.6 Å². The molecule has 0 spiro atoms. The van der Waals surface area contributed by atoms with E-state index in [1.165, 1.54) is 10.3 Å². The van der Waals surface area contributed by atoms with Gasteiger partial charge in [-0.25, -0.2) is 4.98 Å². The lowest BCUT2D eigenvalue weighted by Crippen LogP contribution is -1.95. The predicted octanol–water partition coefficient (Wildman–Crippen LogP) is 3.27. The van der Waals surface area contributed by atoms with Gasteiger partial charge in [0.05, 0.1) is 15.2 Å². The molecule has 90 valence electrons. The third kappa shape index (κ3) is 3.03. The zero-order valence-electron chi connectivity index (χ0n) is 9.77. The van der Waals surface area contributed by atoms with Gasteiger partial charge in [-0.3, -0.25) is 4.79 Å². The van der Waals surface area contributed by atoms with E-state index in [9.17, 15) is 4.79 Å². The number of aryl methyl sites for hydroxylation is 2. The average molecular weight is 249 g/mol. The Balaban J connectivity index is 2.11. The van der Waals surface area contributed by atoms with Gasteiger partial charge in [0.25, 0.3) is 0 Å². The quantitative estimate of drug-likeness (QED) is 0.884. The Labute approximate surface area is 104 Å². The fourth-order valence-corrected chi connectivity index (χ4v) is 2.74. The Morgan fingerprint density at radius 2 is 2.29 bits per heavy atom. The maximum absolute atomic E-state index is 10.4. The summed E-state index contributed by atoms with van der Waals surface area (Å²) in [5.41, 5.74) is 2.25. The van der Waals surface area contributed by atoms with Crippen LogP contribution in [0.2, 0.25) is 0 Å². The van der Waals surface area contributed by atoms with E-state index in [-0.39, 0.29) is 6.42 Å². The average Bonchev–Trinajstić information content (AvgIpc) is 2.70. The standard InChI is InChI=1S/C13H15NO2S/c1-2-12-14-10-7-6-9(8-11(10)17-12)4-3-5-13(15)16/h6-8H,2-5H2,1H3,(H,15,16). The number of carbonyl (C=O) groups is 1. The molecule has 0 saturated carbocycles. The molecule has 0 amide bonds. The minimum Gasteiger partial charge on any atom is -0.481 e. The first kappa shape index (κ1) is 12.0. The zero-order chi connectivity index (χ0) is 12.3. The van der Waals surface area contributed by atoms with Gasteiger partial charge in [-0.1, -0.05) is 13.0 Å². The Morgan fingerprint density at radius 3 is 3.00 bits per heavy atom. The molecule has 0 unspecified atom stereocenters. The summed E-state index contributed by atoms with van der Waals surface area (Å²) in [5.74, 6) is -0.725. The third-order valence-electron chi connectivity index (χ3n) is 2.66. The minimum atomic E-state index is -0.725. The van der Waals surface area contributed by atoms with Crippen LogP contribution in [0.1, 0.15) is 30.3 Å². The number of hydrogen-bond acceptors (Lipinski definition) is 3. The Kier molecular flexibility index (Phi) is 3.74. The third-order valence-corrected chi connectivity index (χ3v) is 3.82.